The zero-order valence-corrected chi connectivity index (χ0v) is 10.2. The number of aromatic nitrogens is 3. The van der Waals surface area contributed by atoms with Crippen molar-refractivity contribution in [3.8, 4) is 0 Å². The molecule has 1 aromatic rings. The van der Waals surface area contributed by atoms with E-state index in [-0.39, 0.29) is 17.5 Å². The third-order valence-electron chi connectivity index (χ3n) is 2.98. The van der Waals surface area contributed by atoms with Gasteiger partial charge in [-0.15, -0.1) is 0 Å². The zero-order chi connectivity index (χ0) is 12.8. The van der Waals surface area contributed by atoms with E-state index >= 15 is 0 Å². The number of rotatable bonds is 4. The molecule has 2 rings (SSSR count). The molecular weight excluding hydrogens is 234 g/mol. The van der Waals surface area contributed by atoms with Crippen LogP contribution in [-0.4, -0.2) is 51.8 Å². The van der Waals surface area contributed by atoms with E-state index in [0.29, 0.717) is 13.0 Å². The van der Waals surface area contributed by atoms with Gasteiger partial charge in [-0.1, -0.05) is 0 Å². The summed E-state index contributed by atoms with van der Waals surface area (Å²) in [5, 5.41) is 12.2. The number of nitrogens with zero attached hydrogens (tertiary/aromatic N) is 3. The number of nitrogens with one attached hydrogen (secondary N) is 2. The number of H-pyrrole nitrogens is 1. The van der Waals surface area contributed by atoms with Gasteiger partial charge in [0, 0.05) is 26.1 Å². The molecule has 1 aliphatic heterocycles. The van der Waals surface area contributed by atoms with Gasteiger partial charge in [0.15, 0.2) is 5.69 Å². The molecule has 0 aromatic carbocycles. The van der Waals surface area contributed by atoms with E-state index in [2.05, 4.69) is 20.7 Å². The molecule has 2 N–H and O–H groups in total. The summed E-state index contributed by atoms with van der Waals surface area (Å²) in [5.41, 5.74) is 0.237. The van der Waals surface area contributed by atoms with Gasteiger partial charge in [-0.05, 0) is 19.3 Å². The number of piperidine rings is 1. The monoisotopic (exact) mass is 251 g/mol. The van der Waals surface area contributed by atoms with Crippen LogP contribution < -0.4 is 5.32 Å². The Morgan fingerprint density at radius 2 is 2.11 bits per heavy atom. The third-order valence-corrected chi connectivity index (χ3v) is 2.98. The van der Waals surface area contributed by atoms with E-state index < -0.39 is 0 Å². The minimum Gasteiger partial charge on any atom is -0.350 e. The Labute approximate surface area is 105 Å². The van der Waals surface area contributed by atoms with Crippen LogP contribution in [0.4, 0.5) is 0 Å². The molecule has 0 spiro atoms. The number of hydrogen-bond acceptors (Lipinski definition) is 4. The molecule has 1 fully saturated rings. The molecule has 7 heteroatoms. The molecule has 2 heterocycles. The Hall–Kier alpha value is -1.92. The number of carbonyl (C=O) groups is 2. The highest BCUT2D eigenvalue weighted by molar-refractivity contribution is 5.92. The first-order chi connectivity index (χ1) is 8.77. The summed E-state index contributed by atoms with van der Waals surface area (Å²) in [6.07, 6.45) is 5.05. The molecule has 1 aromatic heterocycles. The van der Waals surface area contributed by atoms with Gasteiger partial charge in [-0.3, -0.25) is 9.59 Å². The van der Waals surface area contributed by atoms with Crippen molar-refractivity contribution in [3.05, 3.63) is 11.9 Å². The number of carbonyl (C=O) groups excluding carboxylic acids is 2. The van der Waals surface area contributed by atoms with Crippen LogP contribution in [0.3, 0.4) is 0 Å². The number of amides is 2. The Kier molecular flexibility index (Phi) is 4.27. The number of hydrogen-bond donors (Lipinski definition) is 2. The molecule has 0 atom stereocenters. The molecule has 7 nitrogen and oxygen atoms in total. The lowest BCUT2D eigenvalue weighted by molar-refractivity contribution is -0.131. The summed E-state index contributed by atoms with van der Waals surface area (Å²) < 4.78 is 0. The highest BCUT2D eigenvalue weighted by Gasteiger charge is 2.16. The van der Waals surface area contributed by atoms with Crippen LogP contribution in [0, 0.1) is 0 Å². The first-order valence-electron chi connectivity index (χ1n) is 6.19. The molecule has 18 heavy (non-hydrogen) atoms. The summed E-state index contributed by atoms with van der Waals surface area (Å²) >= 11 is 0. The Bertz CT molecular complexity index is 398. The van der Waals surface area contributed by atoms with Crippen molar-refractivity contribution in [1.82, 2.24) is 25.6 Å². The normalized spacial score (nSPS) is 15.4. The maximum atomic E-state index is 11.8. The van der Waals surface area contributed by atoms with Crippen molar-refractivity contribution in [2.24, 2.45) is 0 Å². The van der Waals surface area contributed by atoms with Gasteiger partial charge in [0.25, 0.3) is 5.91 Å². The smallest absolute Gasteiger partial charge is 0.273 e. The van der Waals surface area contributed by atoms with Crippen LogP contribution in [0.25, 0.3) is 0 Å². The van der Waals surface area contributed by atoms with Crippen LogP contribution in [0.15, 0.2) is 6.20 Å². The van der Waals surface area contributed by atoms with E-state index in [1.165, 1.54) is 12.6 Å². The van der Waals surface area contributed by atoms with Gasteiger partial charge < -0.3 is 10.2 Å². The third kappa shape index (κ3) is 3.28. The van der Waals surface area contributed by atoms with E-state index in [9.17, 15) is 9.59 Å². The molecule has 0 radical (unpaired) electrons. The maximum absolute atomic E-state index is 11.8. The van der Waals surface area contributed by atoms with Crippen molar-refractivity contribution < 1.29 is 9.59 Å². The number of likely N-dealkylation sites (tertiary alicyclic amines) is 1. The van der Waals surface area contributed by atoms with Crippen LogP contribution in [0.1, 0.15) is 36.2 Å². The fourth-order valence-corrected chi connectivity index (χ4v) is 1.99. The lowest BCUT2D eigenvalue weighted by Gasteiger charge is -2.26. The van der Waals surface area contributed by atoms with Crippen molar-refractivity contribution in [1.29, 1.82) is 0 Å². The Balaban J connectivity index is 1.68. The molecule has 1 aliphatic rings. The molecule has 0 unspecified atom stereocenters. The average molecular weight is 251 g/mol. The first-order valence-corrected chi connectivity index (χ1v) is 6.19. The van der Waals surface area contributed by atoms with Crippen molar-refractivity contribution >= 4 is 11.8 Å². The molecule has 2 amide bonds. The van der Waals surface area contributed by atoms with E-state index in [1.54, 1.807) is 0 Å². The zero-order valence-electron chi connectivity index (χ0n) is 10.2. The fraction of sp³-hybridized carbons (Fsp3) is 0.636. The lowest BCUT2D eigenvalue weighted by Crippen LogP contribution is -2.37. The van der Waals surface area contributed by atoms with Crippen molar-refractivity contribution in [2.45, 2.75) is 25.7 Å². The summed E-state index contributed by atoms with van der Waals surface area (Å²) in [6, 6.07) is 0. The largest absolute Gasteiger partial charge is 0.350 e. The maximum Gasteiger partial charge on any atom is 0.273 e. The minimum absolute atomic E-state index is 0.107. The summed E-state index contributed by atoms with van der Waals surface area (Å²) in [4.78, 5) is 25.2. The van der Waals surface area contributed by atoms with Crippen LogP contribution in [0.2, 0.25) is 0 Å². The lowest BCUT2D eigenvalue weighted by atomic mass is 10.1. The van der Waals surface area contributed by atoms with E-state index in [4.69, 9.17) is 0 Å². The number of aromatic amines is 1. The molecule has 1 saturated heterocycles. The summed E-state index contributed by atoms with van der Waals surface area (Å²) in [6.45, 7) is 2.02. The second kappa shape index (κ2) is 6.13. The van der Waals surface area contributed by atoms with Gasteiger partial charge >= 0.3 is 0 Å². The van der Waals surface area contributed by atoms with Crippen molar-refractivity contribution in [2.75, 3.05) is 19.6 Å². The average Bonchev–Trinajstić information content (AvgIpc) is 2.93. The molecular formula is C11H17N5O2. The Morgan fingerprint density at radius 3 is 2.78 bits per heavy atom. The standard InChI is InChI=1S/C11H17N5O2/c17-10(16-6-2-1-3-7-16)4-5-12-11(18)9-8-13-15-14-9/h8H,1-7H2,(H,12,18)(H,13,14,15). The van der Waals surface area contributed by atoms with E-state index in [0.717, 1.165) is 25.9 Å². The highest BCUT2D eigenvalue weighted by Crippen LogP contribution is 2.09. The fourth-order valence-electron chi connectivity index (χ4n) is 1.99. The SMILES string of the molecule is O=C(NCCC(=O)N1CCCCC1)c1cn[nH]n1. The van der Waals surface area contributed by atoms with Gasteiger partial charge in [-0.2, -0.15) is 15.4 Å². The van der Waals surface area contributed by atoms with E-state index in [1.807, 2.05) is 4.90 Å². The minimum atomic E-state index is -0.310. The van der Waals surface area contributed by atoms with Crippen LogP contribution in [-0.2, 0) is 4.79 Å². The molecule has 0 aliphatic carbocycles. The first kappa shape index (κ1) is 12.5. The predicted octanol–water partition coefficient (Wildman–Crippen LogP) is -0.0629. The van der Waals surface area contributed by atoms with Gasteiger partial charge in [-0.25, -0.2) is 0 Å². The topological polar surface area (TPSA) is 91.0 Å². The molecule has 0 bridgehead atoms. The van der Waals surface area contributed by atoms with Gasteiger partial charge in [0.2, 0.25) is 5.91 Å². The van der Waals surface area contributed by atoms with Gasteiger partial charge in [0.05, 0.1) is 6.20 Å². The summed E-state index contributed by atoms with van der Waals surface area (Å²) in [5.74, 6) is -0.203. The van der Waals surface area contributed by atoms with Crippen LogP contribution in [0.5, 0.6) is 0 Å². The molecule has 0 saturated carbocycles. The van der Waals surface area contributed by atoms with Crippen LogP contribution >= 0.6 is 0 Å². The molecule has 98 valence electrons. The quantitative estimate of drug-likeness (QED) is 0.784. The highest BCUT2D eigenvalue weighted by atomic mass is 16.2. The van der Waals surface area contributed by atoms with Gasteiger partial charge in [0.1, 0.15) is 0 Å². The summed E-state index contributed by atoms with van der Waals surface area (Å²) in [7, 11) is 0. The van der Waals surface area contributed by atoms with Crippen molar-refractivity contribution in [3.63, 3.8) is 0 Å². The Morgan fingerprint density at radius 1 is 1.33 bits per heavy atom. The predicted molar refractivity (Wildman–Crippen MR) is 63.8 cm³/mol. The second-order valence-corrected chi connectivity index (χ2v) is 4.30. The second-order valence-electron chi connectivity index (χ2n) is 4.30.